The molecule has 0 spiro atoms. The molecule has 6 N–H and O–H groups in total. The molecule has 0 bridgehead atoms. The molecule has 0 heterocycles. The van der Waals surface area contributed by atoms with Crippen LogP contribution in [0.1, 0.15) is 0 Å². The fraction of sp³-hybridized carbons (Fsp3) is 1.00. The van der Waals surface area contributed by atoms with E-state index in [0.29, 0.717) is 0 Å². The molecule has 0 fully saturated rings. The fourth-order valence-electron chi connectivity index (χ4n) is 0.868. The quantitative estimate of drug-likeness (QED) is 0.385. The van der Waals surface area contributed by atoms with Gasteiger partial charge in [-0.2, -0.15) is 16.8 Å². The summed E-state index contributed by atoms with van der Waals surface area (Å²) >= 11 is 0. The summed E-state index contributed by atoms with van der Waals surface area (Å²) < 4.78 is 58.9. The summed E-state index contributed by atoms with van der Waals surface area (Å²) in [4.78, 5) is 0. The Morgan fingerprint density at radius 1 is 1.14 bits per heavy atom. The highest BCUT2D eigenvalue weighted by molar-refractivity contribution is 7.87. The van der Waals surface area contributed by atoms with Gasteiger partial charge < -0.3 is 11.5 Å². The molecule has 0 aliphatic carbocycles. The van der Waals surface area contributed by atoms with Crippen molar-refractivity contribution in [3.63, 3.8) is 0 Å². The van der Waals surface area contributed by atoms with Crippen LogP contribution in [0.2, 0.25) is 0 Å². The van der Waals surface area contributed by atoms with Crippen LogP contribution in [0, 0.1) is 0 Å². The molecule has 2 unspecified atom stereocenters. The highest BCUT2D eigenvalue weighted by Gasteiger charge is 2.31. The van der Waals surface area contributed by atoms with Crippen molar-refractivity contribution in [3.05, 3.63) is 0 Å². The van der Waals surface area contributed by atoms with Crippen molar-refractivity contribution in [3.8, 4) is 0 Å². The Hall–Kier alpha value is -0.260. The third kappa shape index (κ3) is 4.83. The van der Waals surface area contributed by atoms with Crippen LogP contribution in [0.5, 0.6) is 0 Å². The molecule has 14 heavy (non-hydrogen) atoms. The van der Waals surface area contributed by atoms with Crippen LogP contribution in [-0.2, 0) is 20.2 Å². The Morgan fingerprint density at radius 3 is 1.79 bits per heavy atom. The number of hydrogen-bond acceptors (Lipinski definition) is 6. The van der Waals surface area contributed by atoms with Gasteiger partial charge in [-0.05, 0) is 0 Å². The van der Waals surface area contributed by atoms with E-state index in [1.807, 2.05) is 0 Å². The lowest BCUT2D eigenvalue weighted by molar-refractivity contribution is 0.449. The second-order valence-electron chi connectivity index (χ2n) is 2.70. The van der Waals surface area contributed by atoms with Gasteiger partial charge >= 0.3 is 0 Å². The van der Waals surface area contributed by atoms with E-state index in [-0.39, 0.29) is 0 Å². The SMILES string of the molecule is NCC(C(N)CS(=O)(=O)O)S(=O)(=O)O. The van der Waals surface area contributed by atoms with Gasteiger partial charge in [0.05, 0.1) is 5.75 Å². The molecule has 0 rings (SSSR count). The summed E-state index contributed by atoms with van der Waals surface area (Å²) in [5, 5.41) is -1.61. The normalized spacial score (nSPS) is 17.7. The second-order valence-corrected chi connectivity index (χ2v) is 5.83. The molecule has 86 valence electrons. The third-order valence-corrected chi connectivity index (χ3v) is 3.61. The topological polar surface area (TPSA) is 161 Å². The van der Waals surface area contributed by atoms with Crippen molar-refractivity contribution in [2.75, 3.05) is 12.3 Å². The first-order valence-corrected chi connectivity index (χ1v) is 6.56. The predicted molar refractivity (Wildman–Crippen MR) is 48.8 cm³/mol. The summed E-state index contributed by atoms with van der Waals surface area (Å²) in [5.41, 5.74) is 10.1. The van der Waals surface area contributed by atoms with E-state index in [4.69, 9.17) is 20.6 Å². The third-order valence-electron chi connectivity index (χ3n) is 1.50. The Balaban J connectivity index is 4.75. The fourth-order valence-corrected chi connectivity index (χ4v) is 2.49. The minimum absolute atomic E-state index is 0.532. The van der Waals surface area contributed by atoms with Gasteiger partial charge in [0.15, 0.2) is 0 Å². The van der Waals surface area contributed by atoms with E-state index < -0.39 is 43.8 Å². The Morgan fingerprint density at radius 2 is 1.57 bits per heavy atom. The highest BCUT2D eigenvalue weighted by atomic mass is 32.2. The van der Waals surface area contributed by atoms with Gasteiger partial charge in [-0.25, -0.2) is 0 Å². The van der Waals surface area contributed by atoms with Crippen LogP contribution in [-0.4, -0.2) is 49.5 Å². The molecule has 0 aromatic carbocycles. The van der Waals surface area contributed by atoms with Crippen molar-refractivity contribution < 1.29 is 25.9 Å². The number of hydrogen-bond donors (Lipinski definition) is 4. The van der Waals surface area contributed by atoms with Gasteiger partial charge in [-0.3, -0.25) is 9.11 Å². The summed E-state index contributed by atoms with van der Waals surface area (Å²) in [7, 11) is -8.91. The molecule has 2 atom stereocenters. The smallest absolute Gasteiger partial charge is 0.270 e. The van der Waals surface area contributed by atoms with Crippen molar-refractivity contribution in [1.82, 2.24) is 0 Å². The molecule has 0 saturated carbocycles. The van der Waals surface area contributed by atoms with Crippen molar-refractivity contribution in [2.45, 2.75) is 11.3 Å². The van der Waals surface area contributed by atoms with E-state index in [1.165, 1.54) is 0 Å². The standard InChI is InChI=1S/C4H12N2O6S2/c5-1-4(14(10,11)12)3(6)2-13(7,8)9/h3-4H,1-2,5-6H2,(H,7,8,9)(H,10,11,12). The predicted octanol–water partition coefficient (Wildman–Crippen LogP) is -2.58. The number of rotatable bonds is 5. The minimum atomic E-state index is -4.51. The maximum absolute atomic E-state index is 10.6. The van der Waals surface area contributed by atoms with Crippen LogP contribution < -0.4 is 11.5 Å². The minimum Gasteiger partial charge on any atom is -0.329 e. The van der Waals surface area contributed by atoms with E-state index in [1.54, 1.807) is 0 Å². The lowest BCUT2D eigenvalue weighted by Crippen LogP contribution is -2.48. The van der Waals surface area contributed by atoms with Crippen LogP contribution in [0.15, 0.2) is 0 Å². The largest absolute Gasteiger partial charge is 0.329 e. The lowest BCUT2D eigenvalue weighted by Gasteiger charge is -2.17. The van der Waals surface area contributed by atoms with E-state index >= 15 is 0 Å². The monoisotopic (exact) mass is 248 g/mol. The zero-order valence-corrected chi connectivity index (χ0v) is 8.70. The summed E-state index contributed by atoms with van der Waals surface area (Å²) in [5.74, 6) is -0.978. The highest BCUT2D eigenvalue weighted by Crippen LogP contribution is 2.03. The lowest BCUT2D eigenvalue weighted by atomic mass is 10.2. The molecule has 0 aromatic rings. The zero-order chi connectivity index (χ0) is 11.6. The Labute approximate surface area is 81.8 Å². The molecular formula is C4H12N2O6S2. The van der Waals surface area contributed by atoms with Crippen LogP contribution in [0.25, 0.3) is 0 Å². The molecule has 0 aliphatic rings. The van der Waals surface area contributed by atoms with Gasteiger partial charge in [0, 0.05) is 12.6 Å². The molecule has 0 aliphatic heterocycles. The first-order valence-electron chi connectivity index (χ1n) is 3.45. The van der Waals surface area contributed by atoms with E-state index in [9.17, 15) is 16.8 Å². The maximum Gasteiger partial charge on any atom is 0.270 e. The summed E-state index contributed by atoms with van der Waals surface area (Å²) in [6.45, 7) is -0.532. The summed E-state index contributed by atoms with van der Waals surface area (Å²) in [6, 6.07) is -1.47. The average molecular weight is 248 g/mol. The average Bonchev–Trinajstić information content (AvgIpc) is 1.79. The molecule has 10 heteroatoms. The maximum atomic E-state index is 10.6. The van der Waals surface area contributed by atoms with Crippen LogP contribution in [0.3, 0.4) is 0 Å². The molecule has 0 radical (unpaired) electrons. The molecular weight excluding hydrogens is 236 g/mol. The van der Waals surface area contributed by atoms with Crippen molar-refractivity contribution in [1.29, 1.82) is 0 Å². The molecule has 8 nitrogen and oxygen atoms in total. The summed E-state index contributed by atoms with van der Waals surface area (Å²) in [6.07, 6.45) is 0. The number of nitrogens with two attached hydrogens (primary N) is 2. The zero-order valence-electron chi connectivity index (χ0n) is 7.07. The Kier molecular flexibility index (Phi) is 4.42. The molecule has 0 aromatic heterocycles. The van der Waals surface area contributed by atoms with E-state index in [2.05, 4.69) is 0 Å². The van der Waals surface area contributed by atoms with Gasteiger partial charge in [0.1, 0.15) is 5.25 Å². The van der Waals surface area contributed by atoms with Gasteiger partial charge in [0.25, 0.3) is 20.2 Å². The Bertz CT molecular complexity index is 373. The first kappa shape index (κ1) is 13.7. The van der Waals surface area contributed by atoms with Gasteiger partial charge in [-0.15, -0.1) is 0 Å². The van der Waals surface area contributed by atoms with E-state index in [0.717, 1.165) is 0 Å². The van der Waals surface area contributed by atoms with Gasteiger partial charge in [-0.1, -0.05) is 0 Å². The first-order chi connectivity index (χ1) is 6.08. The van der Waals surface area contributed by atoms with Crippen molar-refractivity contribution in [2.24, 2.45) is 11.5 Å². The second kappa shape index (κ2) is 4.51. The van der Waals surface area contributed by atoms with Gasteiger partial charge in [0.2, 0.25) is 0 Å². The van der Waals surface area contributed by atoms with Crippen LogP contribution in [0.4, 0.5) is 0 Å². The molecule has 0 saturated heterocycles. The van der Waals surface area contributed by atoms with Crippen LogP contribution >= 0.6 is 0 Å². The van der Waals surface area contributed by atoms with Crippen molar-refractivity contribution >= 4 is 20.2 Å². The molecule has 0 amide bonds.